The quantitative estimate of drug-likeness (QED) is 0.0474. The van der Waals surface area contributed by atoms with E-state index >= 15 is 0 Å². The monoisotopic (exact) mass is 1700 g/mol. The molecule has 1 aliphatic heterocycles. The molecule has 3 saturated carbocycles. The lowest BCUT2D eigenvalue weighted by molar-refractivity contribution is 0.242. The van der Waals surface area contributed by atoms with Crippen molar-refractivity contribution in [3.63, 3.8) is 0 Å². The zero-order valence-electron chi connectivity index (χ0n) is 72.8. The van der Waals surface area contributed by atoms with Crippen LogP contribution in [0.3, 0.4) is 0 Å². The first kappa shape index (κ1) is 85.0. The van der Waals surface area contributed by atoms with Gasteiger partial charge in [-0.1, -0.05) is 110 Å². The summed E-state index contributed by atoms with van der Waals surface area (Å²) >= 11 is 1.69. The summed E-state index contributed by atoms with van der Waals surface area (Å²) in [6.07, 6.45) is 13.1. The van der Waals surface area contributed by atoms with Crippen LogP contribution >= 0.6 is 11.3 Å². The Morgan fingerprint density at radius 3 is 1.09 bits per heavy atom. The summed E-state index contributed by atoms with van der Waals surface area (Å²) in [6.45, 7) is 33.2. The minimum absolute atomic E-state index is 0.150. The van der Waals surface area contributed by atoms with Gasteiger partial charge in [-0.2, -0.15) is 25.5 Å². The molecule has 0 atom stereocenters. The van der Waals surface area contributed by atoms with E-state index in [4.69, 9.17) is 48.7 Å². The average molecular weight is 1710 g/mol. The molecule has 22 nitrogen and oxygen atoms in total. The van der Waals surface area contributed by atoms with E-state index in [1.54, 1.807) is 31.8 Å². The molecule has 21 rings (SSSR count). The predicted molar refractivity (Wildman–Crippen MR) is 507 cm³/mol. The van der Waals surface area contributed by atoms with Crippen LogP contribution in [0.15, 0.2) is 302 Å². The van der Waals surface area contributed by atoms with Crippen molar-refractivity contribution in [2.75, 3.05) is 45.3 Å². The summed E-state index contributed by atoms with van der Waals surface area (Å²) in [6, 6.07) is 79.1. The molecule has 0 amide bonds. The Kier molecular flexibility index (Phi) is 26.1. The van der Waals surface area contributed by atoms with E-state index in [-0.39, 0.29) is 12.2 Å². The zero-order valence-corrected chi connectivity index (χ0v) is 73.6. The highest BCUT2D eigenvalue weighted by atomic mass is 32.1. The number of hydrogen-bond donors (Lipinski definition) is 1. The van der Waals surface area contributed by atoms with Crippen LogP contribution in [0.1, 0.15) is 106 Å². The molecule has 23 heteroatoms. The summed E-state index contributed by atoms with van der Waals surface area (Å²) in [5, 5.41) is 29.0. The van der Waals surface area contributed by atoms with Gasteiger partial charge in [-0.3, -0.25) is 0 Å². The molecule has 4 fully saturated rings. The third kappa shape index (κ3) is 21.1. The first-order valence-electron chi connectivity index (χ1n) is 43.6. The normalized spacial score (nSPS) is 13.6. The molecule has 0 bridgehead atoms. The van der Waals surface area contributed by atoms with E-state index in [0.717, 1.165) is 193 Å². The van der Waals surface area contributed by atoms with E-state index in [1.807, 2.05) is 208 Å². The molecule has 0 radical (unpaired) electrons. The number of aromatic nitrogens is 15. The van der Waals surface area contributed by atoms with Gasteiger partial charge in [0.1, 0.15) is 28.8 Å². The van der Waals surface area contributed by atoms with E-state index < -0.39 is 0 Å². The molecule has 13 heterocycles. The van der Waals surface area contributed by atoms with E-state index in [9.17, 15) is 0 Å². The first-order valence-corrected chi connectivity index (χ1v) is 44.4. The molecular weight excluding hydrogens is 1600 g/mol. The number of allylic oxidation sites excluding steroid dienone is 5. The molecule has 12 aromatic heterocycles. The number of furan rings is 1. The van der Waals surface area contributed by atoms with Crippen molar-refractivity contribution in [3.8, 4) is 79.3 Å². The Morgan fingerprint density at radius 1 is 0.378 bits per heavy atom. The van der Waals surface area contributed by atoms with Gasteiger partial charge in [0.15, 0.2) is 57.4 Å². The Bertz CT molecular complexity index is 6530. The number of ether oxygens (including phenoxy) is 4. The maximum Gasteiger partial charge on any atom is 0.156 e. The van der Waals surface area contributed by atoms with Crippen molar-refractivity contribution in [2.45, 2.75) is 111 Å². The van der Waals surface area contributed by atoms with Gasteiger partial charge in [0.25, 0.3) is 0 Å². The Balaban J connectivity index is 0.000000112. The standard InChI is InChI=1S/C22H25N5.2C21H23N3O.C20H17N3O2.C20H17N3OS/c1-16(17-5-6-17)15-21-24-22-4-2-3-20(27(22)25-21)18-7-9-19(10-8-18)26-13-11-23-12-14-26;1-14(2)25-18-7-4-6-17(13-18)19-8-5-9-21-22-20(23-24(19)21)12-15(3)16-10-11-16;1-14(2)25-18-11-9-17(10-12-18)19-5-4-6-21-22-20(23-24(19)21)13-15(3)16-7-8-16;2*1-14(18-6-4-12-25-18)13-19-21-20-7-3-5-17(23(20)22-19)15-8-10-16(24-2)11-9-15/h2-4,7-10,17,23H,1,5-6,11-15H2;4-9,13-14,16H,3,10-12H2,1-2H3;4-6,9-12,14,16H,3,7-8,13H2,1-2H3;2*3-12H,1,13H2,2H3. The number of methoxy groups -OCH3 is 2. The number of pyridine rings is 5. The van der Waals surface area contributed by atoms with Crippen LogP contribution < -0.4 is 29.2 Å². The second-order valence-corrected chi connectivity index (χ2v) is 34.0. The number of rotatable bonds is 27. The van der Waals surface area contributed by atoms with Crippen LogP contribution in [0, 0.1) is 17.8 Å². The first-order chi connectivity index (χ1) is 62.0. The molecule has 0 unspecified atom stereocenters. The fourth-order valence-corrected chi connectivity index (χ4v) is 16.2. The fourth-order valence-electron chi connectivity index (χ4n) is 15.5. The topological polar surface area (TPSA) is 216 Å². The Morgan fingerprint density at radius 2 is 0.732 bits per heavy atom. The van der Waals surface area contributed by atoms with Crippen molar-refractivity contribution < 1.29 is 23.4 Å². The van der Waals surface area contributed by atoms with E-state index in [0.29, 0.717) is 36.4 Å². The summed E-state index contributed by atoms with van der Waals surface area (Å²) in [4.78, 5) is 26.9. The Labute approximate surface area is 744 Å². The molecule has 642 valence electrons. The number of nitrogens with zero attached hydrogens (tertiary/aromatic N) is 16. The SMILES string of the molecule is C=C(Cc1nc2cccc(-c3ccc(N4CCNCC4)cc3)n2n1)C1CC1.C=C(Cc1nc2cccc(-c3ccc(OC(C)C)cc3)n2n1)C1CC1.C=C(Cc1nc2cccc(-c3ccc(OC)cc3)n2n1)c1ccco1.C=C(Cc1nc2cccc(-c3ccc(OC)cc3)n2n1)c1cccs1.C=C(Cc1nc2cccc(-c3cccc(OC(C)C)c3)n2n1)C1CC1. The molecule has 4 aliphatic rings. The zero-order chi connectivity index (χ0) is 87.4. The van der Waals surface area contributed by atoms with E-state index in [1.165, 1.54) is 65.8 Å². The lowest BCUT2D eigenvalue weighted by atomic mass is 10.1. The highest BCUT2D eigenvalue weighted by molar-refractivity contribution is 7.11. The Hall–Kier alpha value is -14.2. The number of fused-ring (bicyclic) bond motifs is 5. The van der Waals surface area contributed by atoms with Gasteiger partial charge in [-0.25, -0.2) is 47.5 Å². The number of piperazine rings is 1. The lowest BCUT2D eigenvalue weighted by Crippen LogP contribution is -2.43. The minimum Gasteiger partial charge on any atom is -0.497 e. The third-order valence-electron chi connectivity index (χ3n) is 22.6. The average Bonchev–Trinajstić information content (AvgIpc) is 1.70. The molecule has 17 aromatic rings. The van der Waals surface area contributed by atoms with Gasteiger partial charge in [0.05, 0.1) is 61.2 Å². The minimum atomic E-state index is 0.150. The van der Waals surface area contributed by atoms with Crippen molar-refractivity contribution in [1.82, 2.24) is 78.3 Å². The van der Waals surface area contributed by atoms with Crippen LogP contribution in [-0.4, -0.2) is 126 Å². The second-order valence-electron chi connectivity index (χ2n) is 33.0. The summed E-state index contributed by atoms with van der Waals surface area (Å²) in [5.41, 5.74) is 21.8. The van der Waals surface area contributed by atoms with Gasteiger partial charge in [-0.05, 0) is 276 Å². The van der Waals surface area contributed by atoms with Gasteiger partial charge >= 0.3 is 0 Å². The third-order valence-corrected chi connectivity index (χ3v) is 23.5. The number of anilines is 1. The molecule has 127 heavy (non-hydrogen) atoms. The van der Waals surface area contributed by atoms with Gasteiger partial charge in [0, 0.05) is 96.7 Å². The highest BCUT2D eigenvalue weighted by Crippen LogP contribution is 2.40. The molecule has 1 N–H and O–H groups in total. The molecule has 3 aliphatic carbocycles. The molecule has 5 aromatic carbocycles. The van der Waals surface area contributed by atoms with Crippen molar-refractivity contribution >= 4 is 56.4 Å². The largest absolute Gasteiger partial charge is 0.497 e. The maximum atomic E-state index is 5.82. The summed E-state index contributed by atoms with van der Waals surface area (Å²) in [5.74, 6) is 10.3. The van der Waals surface area contributed by atoms with Crippen LogP contribution in [0.5, 0.6) is 23.0 Å². The van der Waals surface area contributed by atoms with Crippen LogP contribution in [0.2, 0.25) is 0 Å². The number of nitrogens with one attached hydrogen (secondary N) is 1. The molecular formula is C104H105N17O5S. The van der Waals surface area contributed by atoms with Gasteiger partial charge in [-0.15, -0.1) is 11.3 Å². The van der Waals surface area contributed by atoms with Gasteiger partial charge in [0.2, 0.25) is 0 Å². The molecule has 0 spiro atoms. The number of thiophene rings is 1. The fraction of sp³-hybridized carbons (Fsp3) is 0.250. The highest BCUT2D eigenvalue weighted by Gasteiger charge is 2.29. The van der Waals surface area contributed by atoms with Crippen LogP contribution in [0.25, 0.3) is 95.7 Å². The van der Waals surface area contributed by atoms with Crippen LogP contribution in [-0.2, 0) is 32.1 Å². The van der Waals surface area contributed by atoms with Crippen molar-refractivity contribution in [3.05, 3.63) is 338 Å². The van der Waals surface area contributed by atoms with Crippen molar-refractivity contribution in [1.29, 1.82) is 0 Å². The predicted octanol–water partition coefficient (Wildman–Crippen LogP) is 21.7. The number of hydrogen-bond acceptors (Lipinski definition) is 18. The smallest absolute Gasteiger partial charge is 0.156 e. The van der Waals surface area contributed by atoms with E-state index in [2.05, 4.69) is 152 Å². The summed E-state index contributed by atoms with van der Waals surface area (Å²) < 4.78 is 36.9. The lowest BCUT2D eigenvalue weighted by Gasteiger charge is -2.29. The molecule has 1 saturated heterocycles. The summed E-state index contributed by atoms with van der Waals surface area (Å²) in [7, 11) is 3.32. The second kappa shape index (κ2) is 38.9. The van der Waals surface area contributed by atoms with Crippen molar-refractivity contribution in [2.24, 2.45) is 17.8 Å². The van der Waals surface area contributed by atoms with Gasteiger partial charge < -0.3 is 33.6 Å². The van der Waals surface area contributed by atoms with Crippen LogP contribution in [0.4, 0.5) is 5.69 Å². The maximum absolute atomic E-state index is 5.82. The number of benzene rings is 5.